The van der Waals surface area contributed by atoms with Crippen LogP contribution < -0.4 is 15.8 Å². The van der Waals surface area contributed by atoms with Gasteiger partial charge in [-0.15, -0.1) is 6.58 Å². The van der Waals surface area contributed by atoms with Crippen LogP contribution in [0.3, 0.4) is 0 Å². The third kappa shape index (κ3) is 5.05. The molecule has 0 saturated carbocycles. The lowest BCUT2D eigenvalue weighted by Gasteiger charge is -2.14. The van der Waals surface area contributed by atoms with Crippen LogP contribution in [0.1, 0.15) is 23.6 Å². The Balaban J connectivity index is 2.71. The Morgan fingerprint density at radius 3 is 2.55 bits per heavy atom. The summed E-state index contributed by atoms with van der Waals surface area (Å²) in [7, 11) is 0. The molecule has 0 saturated heterocycles. The monoisotopic (exact) mass is 276 g/mol. The molecule has 0 bridgehead atoms. The molecular weight excluding hydrogens is 252 g/mol. The van der Waals surface area contributed by atoms with Crippen LogP contribution in [0.5, 0.6) is 5.75 Å². The Morgan fingerprint density at radius 1 is 1.45 bits per heavy atom. The second kappa shape index (κ2) is 7.70. The number of nitrogens with one attached hydrogen (secondary N) is 1. The molecule has 0 aromatic heterocycles. The smallest absolute Gasteiger partial charge is 0.258 e. The molecule has 20 heavy (non-hydrogen) atoms. The van der Waals surface area contributed by atoms with Gasteiger partial charge >= 0.3 is 0 Å². The first kappa shape index (κ1) is 16.2. The Bertz CT molecular complexity index is 458. The quantitative estimate of drug-likeness (QED) is 0.747. The van der Waals surface area contributed by atoms with Crippen molar-refractivity contribution in [1.82, 2.24) is 5.32 Å². The summed E-state index contributed by atoms with van der Waals surface area (Å²) in [6.07, 6.45) is 2.47. The van der Waals surface area contributed by atoms with Gasteiger partial charge in [0.2, 0.25) is 0 Å². The second-order valence-corrected chi connectivity index (χ2v) is 5.12. The number of nitrogens with two attached hydrogens (primary N) is 1. The van der Waals surface area contributed by atoms with Crippen molar-refractivity contribution in [3.8, 4) is 5.75 Å². The predicted molar refractivity (Wildman–Crippen MR) is 82.0 cm³/mol. The Kier molecular flexibility index (Phi) is 6.25. The van der Waals surface area contributed by atoms with Gasteiger partial charge in [-0.2, -0.15) is 0 Å². The van der Waals surface area contributed by atoms with Crippen LogP contribution >= 0.6 is 0 Å². The zero-order chi connectivity index (χ0) is 15.1. The van der Waals surface area contributed by atoms with Crippen LogP contribution in [0.25, 0.3) is 0 Å². The molecule has 110 valence electrons. The van der Waals surface area contributed by atoms with Crippen molar-refractivity contribution in [2.45, 2.75) is 33.2 Å². The van der Waals surface area contributed by atoms with Gasteiger partial charge in [0.15, 0.2) is 6.61 Å². The molecule has 3 N–H and O–H groups in total. The number of carbonyl (C=O) groups is 1. The first-order chi connectivity index (χ1) is 9.43. The lowest BCUT2D eigenvalue weighted by molar-refractivity contribution is -0.122. The van der Waals surface area contributed by atoms with Crippen LogP contribution in [-0.4, -0.2) is 25.1 Å². The lowest BCUT2D eigenvalue weighted by Crippen LogP contribution is -2.29. The standard InChI is InChI=1S/C16H24N2O2/c1-5-6-18-15(19)10-20-16-11(2)7-14(8-12(16)3)9-13(4)17/h5,7-8,13H,1,6,9-10,17H2,2-4H3,(H,18,19). The van der Waals surface area contributed by atoms with Crippen LogP contribution in [0.4, 0.5) is 0 Å². The summed E-state index contributed by atoms with van der Waals surface area (Å²) in [5.74, 6) is 0.621. The summed E-state index contributed by atoms with van der Waals surface area (Å²) in [6, 6.07) is 4.26. The molecule has 1 amide bonds. The summed E-state index contributed by atoms with van der Waals surface area (Å²) in [6.45, 7) is 9.96. The fourth-order valence-corrected chi connectivity index (χ4v) is 2.13. The highest BCUT2D eigenvalue weighted by atomic mass is 16.5. The van der Waals surface area contributed by atoms with Gasteiger partial charge in [-0.3, -0.25) is 4.79 Å². The highest BCUT2D eigenvalue weighted by Crippen LogP contribution is 2.25. The SMILES string of the molecule is C=CCNC(=O)COc1c(C)cc(CC(C)N)cc1C. The van der Waals surface area contributed by atoms with E-state index in [1.165, 1.54) is 5.56 Å². The highest BCUT2D eigenvalue weighted by molar-refractivity contribution is 5.77. The maximum Gasteiger partial charge on any atom is 0.258 e. The fraction of sp³-hybridized carbons (Fsp3) is 0.438. The number of ether oxygens (including phenoxy) is 1. The van der Waals surface area contributed by atoms with Gasteiger partial charge in [-0.05, 0) is 43.9 Å². The molecule has 0 fully saturated rings. The minimum atomic E-state index is -0.150. The van der Waals surface area contributed by atoms with E-state index in [0.29, 0.717) is 6.54 Å². The minimum absolute atomic E-state index is 0.0160. The molecular formula is C16H24N2O2. The van der Waals surface area contributed by atoms with Crippen LogP contribution in [0.15, 0.2) is 24.8 Å². The van der Waals surface area contributed by atoms with E-state index in [9.17, 15) is 4.79 Å². The number of hydrogen-bond donors (Lipinski definition) is 2. The molecule has 1 atom stereocenters. The van der Waals surface area contributed by atoms with Gasteiger partial charge in [0, 0.05) is 12.6 Å². The predicted octanol–water partition coefficient (Wildman–Crippen LogP) is 1.87. The minimum Gasteiger partial charge on any atom is -0.483 e. The van der Waals surface area contributed by atoms with E-state index in [-0.39, 0.29) is 18.6 Å². The van der Waals surface area contributed by atoms with Crippen molar-refractivity contribution < 1.29 is 9.53 Å². The van der Waals surface area contributed by atoms with Crippen molar-refractivity contribution >= 4 is 5.91 Å². The van der Waals surface area contributed by atoms with Gasteiger partial charge < -0.3 is 15.8 Å². The molecule has 4 nitrogen and oxygen atoms in total. The molecule has 1 aromatic carbocycles. The van der Waals surface area contributed by atoms with Crippen molar-refractivity contribution in [3.63, 3.8) is 0 Å². The van der Waals surface area contributed by atoms with Gasteiger partial charge in [-0.1, -0.05) is 18.2 Å². The van der Waals surface area contributed by atoms with Crippen LogP contribution in [0.2, 0.25) is 0 Å². The van der Waals surface area contributed by atoms with Crippen molar-refractivity contribution in [3.05, 3.63) is 41.5 Å². The third-order valence-electron chi connectivity index (χ3n) is 2.87. The number of amides is 1. The van der Waals surface area contributed by atoms with Crippen molar-refractivity contribution in [2.75, 3.05) is 13.2 Å². The topological polar surface area (TPSA) is 64.3 Å². The zero-order valence-electron chi connectivity index (χ0n) is 12.5. The fourth-order valence-electron chi connectivity index (χ4n) is 2.13. The summed E-state index contributed by atoms with van der Waals surface area (Å²) < 4.78 is 5.61. The first-order valence-electron chi connectivity index (χ1n) is 6.80. The van der Waals surface area contributed by atoms with Crippen molar-refractivity contribution in [1.29, 1.82) is 0 Å². The summed E-state index contributed by atoms with van der Waals surface area (Å²) in [4.78, 5) is 11.5. The number of aryl methyl sites for hydroxylation is 2. The van der Waals surface area contributed by atoms with E-state index in [2.05, 4.69) is 24.0 Å². The van der Waals surface area contributed by atoms with E-state index in [1.54, 1.807) is 6.08 Å². The van der Waals surface area contributed by atoms with Crippen molar-refractivity contribution in [2.24, 2.45) is 5.73 Å². The van der Waals surface area contributed by atoms with E-state index in [4.69, 9.17) is 10.5 Å². The molecule has 0 spiro atoms. The Morgan fingerprint density at radius 2 is 2.05 bits per heavy atom. The maximum absolute atomic E-state index is 11.5. The molecule has 1 rings (SSSR count). The number of carbonyl (C=O) groups excluding carboxylic acids is 1. The molecule has 4 heteroatoms. The Hall–Kier alpha value is -1.81. The average molecular weight is 276 g/mol. The van der Waals surface area contributed by atoms with Crippen LogP contribution in [0, 0.1) is 13.8 Å². The zero-order valence-corrected chi connectivity index (χ0v) is 12.5. The van der Waals surface area contributed by atoms with E-state index in [1.807, 2.05) is 20.8 Å². The van der Waals surface area contributed by atoms with E-state index in [0.717, 1.165) is 23.3 Å². The molecule has 1 unspecified atom stereocenters. The molecule has 0 aliphatic heterocycles. The molecule has 1 aromatic rings. The number of hydrogen-bond acceptors (Lipinski definition) is 3. The highest BCUT2D eigenvalue weighted by Gasteiger charge is 2.09. The van der Waals surface area contributed by atoms with E-state index >= 15 is 0 Å². The normalized spacial score (nSPS) is 11.8. The molecule has 0 aliphatic rings. The lowest BCUT2D eigenvalue weighted by atomic mass is 10.0. The first-order valence-corrected chi connectivity index (χ1v) is 6.80. The van der Waals surface area contributed by atoms with E-state index < -0.39 is 0 Å². The Labute approximate surface area is 121 Å². The third-order valence-corrected chi connectivity index (χ3v) is 2.87. The summed E-state index contributed by atoms with van der Waals surface area (Å²) in [5, 5.41) is 2.68. The largest absolute Gasteiger partial charge is 0.483 e. The molecule has 0 heterocycles. The van der Waals surface area contributed by atoms with Gasteiger partial charge in [0.25, 0.3) is 5.91 Å². The molecule has 0 aliphatic carbocycles. The summed E-state index contributed by atoms with van der Waals surface area (Å²) >= 11 is 0. The molecule has 0 radical (unpaired) electrons. The average Bonchev–Trinajstić information content (AvgIpc) is 2.34. The number of rotatable bonds is 7. The number of benzene rings is 1. The van der Waals surface area contributed by atoms with Gasteiger partial charge in [0.1, 0.15) is 5.75 Å². The maximum atomic E-state index is 11.5. The van der Waals surface area contributed by atoms with Gasteiger partial charge in [-0.25, -0.2) is 0 Å². The summed E-state index contributed by atoms with van der Waals surface area (Å²) in [5.41, 5.74) is 9.06. The van der Waals surface area contributed by atoms with Gasteiger partial charge in [0.05, 0.1) is 0 Å². The second-order valence-electron chi connectivity index (χ2n) is 5.12. The van der Waals surface area contributed by atoms with Crippen LogP contribution in [-0.2, 0) is 11.2 Å².